The van der Waals surface area contributed by atoms with E-state index >= 15 is 24.0 Å². The number of aliphatic hydroxyl groups is 4. The number of carbonyl (C=O) groups excluding carboxylic acids is 8. The quantitative estimate of drug-likeness (QED) is 0.0392. The molecule has 7 heterocycles. The third-order valence-corrected chi connectivity index (χ3v) is 21.2. The number of benzene rings is 7. The molecule has 7 aromatic carbocycles. The SMILES string of the molecule is CCCCCCCCCCC(=O)N[C@H]1[C@H](Oc2c3cc4cc2Oc2ccc(cc2Cl)[C@@H](O)[C@@H]2NC(=O)[C@H](NC(=O)[C@@H]4NC(=O)[C@H]4NC(=O)[C@@H](Cc5ccc(cc5)O3)NC(=O)[C@H](NC)c3ccc(O)c(c3)Oc3cc(O)c(Cl)c4c3)c3ccc(O)c(c3)-c3c(O)cc(O)cc3[C@H](C(=O)NCCCN(C)C)NC2=O)O[C@H](CO)[C@@H](O)[C@@H]1O. The molecule has 0 radical (unpaired) electrons. The van der Waals surface area contributed by atoms with Crippen LogP contribution in [-0.4, -0.2) is 182 Å². The molecule has 34 heteroatoms. The summed E-state index contributed by atoms with van der Waals surface area (Å²) in [5.41, 5.74) is -1.82. The molecular weight excluding hydrogens is 1540 g/mol. The maximum absolute atomic E-state index is 16.5. The van der Waals surface area contributed by atoms with E-state index in [1.165, 1.54) is 61.6 Å². The Morgan fingerprint density at radius 1 is 0.574 bits per heavy atom. The zero-order chi connectivity index (χ0) is 82.2. The molecule has 7 aliphatic rings. The topological polar surface area (TPSA) is 476 Å². The molecule has 0 unspecified atom stereocenters. The van der Waals surface area contributed by atoms with E-state index in [-0.39, 0.29) is 80.8 Å². The van der Waals surface area contributed by atoms with E-state index in [1.807, 2.05) is 4.90 Å². The van der Waals surface area contributed by atoms with Crippen molar-refractivity contribution in [1.29, 1.82) is 0 Å². The van der Waals surface area contributed by atoms with Gasteiger partial charge in [0.1, 0.15) is 113 Å². The number of likely N-dealkylation sites (N-methyl/N-ethyl adjacent to an activating group) is 1. The molecule has 0 saturated carbocycles. The van der Waals surface area contributed by atoms with Crippen LogP contribution in [0.2, 0.25) is 10.0 Å². The van der Waals surface area contributed by atoms with Crippen LogP contribution in [0, 0.1) is 0 Å². The molecule has 7 aliphatic heterocycles. The molecule has 610 valence electrons. The Hall–Kier alpha value is -11.2. The number of aromatic hydroxyl groups is 5. The minimum absolute atomic E-state index is 0.0139. The molecular formula is C81H90Cl2N10O22. The summed E-state index contributed by atoms with van der Waals surface area (Å²) >= 11 is 14.2. The van der Waals surface area contributed by atoms with E-state index in [2.05, 4.69) is 54.8 Å². The molecule has 13 atom stereocenters. The van der Waals surface area contributed by atoms with Crippen molar-refractivity contribution in [2.45, 2.75) is 157 Å². The Bertz CT molecular complexity index is 4840. The average Bonchev–Trinajstić information content (AvgIpc) is 0.765. The van der Waals surface area contributed by atoms with Gasteiger partial charge in [0.15, 0.2) is 23.0 Å². The zero-order valence-electron chi connectivity index (χ0n) is 62.9. The number of ether oxygens (including phenoxy) is 5. The van der Waals surface area contributed by atoms with E-state index in [4.69, 9.17) is 46.9 Å². The highest BCUT2D eigenvalue weighted by Gasteiger charge is 2.48. The number of hydrogen-bond donors (Lipinski definition) is 18. The van der Waals surface area contributed by atoms with Gasteiger partial charge in [-0.15, -0.1) is 0 Å². The number of unbranched alkanes of at least 4 members (excludes halogenated alkanes) is 7. The van der Waals surface area contributed by atoms with Crippen molar-refractivity contribution in [3.05, 3.63) is 164 Å². The Kier molecular flexibility index (Phi) is 26.4. The van der Waals surface area contributed by atoms with Crippen molar-refractivity contribution < 1.29 is 108 Å². The Balaban J connectivity index is 1.08. The number of fused-ring (bicyclic) bond motifs is 14. The normalized spacial score (nSPS) is 23.4. The van der Waals surface area contributed by atoms with Crippen LogP contribution >= 0.6 is 23.2 Å². The van der Waals surface area contributed by atoms with Crippen LogP contribution in [0.5, 0.6) is 69.0 Å². The minimum atomic E-state index is -2.32. The monoisotopic (exact) mass is 1620 g/mol. The number of hydrogen-bond acceptors (Lipinski definition) is 24. The summed E-state index contributed by atoms with van der Waals surface area (Å²) < 4.78 is 32.8. The third kappa shape index (κ3) is 18.9. The van der Waals surface area contributed by atoms with Crippen LogP contribution in [0.3, 0.4) is 0 Å². The molecule has 32 nitrogen and oxygen atoms in total. The number of nitrogens with zero attached hydrogens (tertiary/aromatic N) is 1. The molecule has 8 amide bonds. The fourth-order valence-electron chi connectivity index (χ4n) is 14.4. The highest BCUT2D eigenvalue weighted by atomic mass is 35.5. The number of aliphatic hydroxyl groups excluding tert-OH is 4. The fourth-order valence-corrected chi connectivity index (χ4v) is 14.9. The van der Waals surface area contributed by atoms with Gasteiger partial charge in [-0.3, -0.25) is 38.4 Å². The van der Waals surface area contributed by atoms with Crippen molar-refractivity contribution in [1.82, 2.24) is 52.8 Å². The van der Waals surface area contributed by atoms with Crippen LogP contribution in [-0.2, 0) is 49.5 Å². The molecule has 0 aromatic heterocycles. The van der Waals surface area contributed by atoms with Gasteiger partial charge < -0.3 is 122 Å². The van der Waals surface area contributed by atoms with Gasteiger partial charge >= 0.3 is 0 Å². The smallest absolute Gasteiger partial charge is 0.248 e. The number of phenolic OH excluding ortho intramolecular Hbond substituents is 5. The van der Waals surface area contributed by atoms with E-state index in [1.54, 1.807) is 14.1 Å². The first-order valence-corrected chi connectivity index (χ1v) is 38.4. The van der Waals surface area contributed by atoms with Gasteiger partial charge in [0.2, 0.25) is 59.3 Å². The van der Waals surface area contributed by atoms with Crippen LogP contribution in [0.4, 0.5) is 0 Å². The van der Waals surface area contributed by atoms with Crippen molar-refractivity contribution >= 4 is 70.5 Å². The average molecular weight is 1630 g/mol. The molecule has 0 aliphatic carbocycles. The maximum Gasteiger partial charge on any atom is 0.248 e. The first-order chi connectivity index (χ1) is 55.1. The first-order valence-electron chi connectivity index (χ1n) is 37.6. The van der Waals surface area contributed by atoms with Gasteiger partial charge in [-0.05, 0) is 147 Å². The molecule has 14 rings (SSSR count). The van der Waals surface area contributed by atoms with Gasteiger partial charge in [0, 0.05) is 48.2 Å². The Labute approximate surface area is 669 Å². The molecule has 0 spiro atoms. The van der Waals surface area contributed by atoms with Gasteiger partial charge in [-0.1, -0.05) is 105 Å². The van der Waals surface area contributed by atoms with Crippen molar-refractivity contribution in [2.75, 3.05) is 40.8 Å². The van der Waals surface area contributed by atoms with Crippen LogP contribution in [0.15, 0.2) is 115 Å². The Morgan fingerprint density at radius 3 is 1.92 bits per heavy atom. The lowest BCUT2D eigenvalue weighted by molar-refractivity contribution is -0.244. The number of rotatable bonds is 19. The summed E-state index contributed by atoms with van der Waals surface area (Å²) in [5, 5.41) is 128. The summed E-state index contributed by atoms with van der Waals surface area (Å²) in [7, 11) is 5.07. The molecule has 18 N–H and O–H groups in total. The lowest BCUT2D eigenvalue weighted by Crippen LogP contribution is -2.65. The highest BCUT2D eigenvalue weighted by molar-refractivity contribution is 6.33. The van der Waals surface area contributed by atoms with Gasteiger partial charge in [0.05, 0.1) is 16.7 Å². The number of amides is 8. The molecule has 1 saturated heterocycles. The van der Waals surface area contributed by atoms with Crippen molar-refractivity contribution in [3.63, 3.8) is 0 Å². The number of halogens is 2. The number of nitrogens with one attached hydrogen (secondary N) is 9. The largest absolute Gasteiger partial charge is 0.508 e. The summed E-state index contributed by atoms with van der Waals surface area (Å²) in [4.78, 5) is 125. The van der Waals surface area contributed by atoms with Gasteiger partial charge in [0.25, 0.3) is 0 Å². The second-order valence-electron chi connectivity index (χ2n) is 29.0. The molecule has 7 aromatic rings. The predicted molar refractivity (Wildman–Crippen MR) is 414 cm³/mol. The van der Waals surface area contributed by atoms with E-state index in [0.717, 1.165) is 99.2 Å². The zero-order valence-corrected chi connectivity index (χ0v) is 64.4. The van der Waals surface area contributed by atoms with Crippen LogP contribution in [0.25, 0.3) is 11.1 Å². The standard InChI is InChI=1S/C81H90Cl2N10O22/c1-5-6-7-8-9-10-11-12-14-60(100)87-69-72(103)71(102)59(37-94)114-81(69)115-73-57-31-42-32-58(73)113-55-24-19-41(29-49(55)82)70(101)68-80(110)91-66(75(105)85-25-13-26-93(3)4)47-33-43(95)34-53(98)61(47)46-28-39(17-22-51(46)96)64(77(107)92-68)88-78(108)65(42)89-79(109)67-48-35-45(36-54(99)62(48)83)112-56-30-40(18-23-52(56)97)63(84-2)76(106)86-50(74(104)90-67)27-38-15-20-44(111-57)21-16-38/h15-24,28-36,50,59,63-72,81,84,94-99,101-103H,5-14,25-27,37H2,1-4H3,(H,85,105)(H,86,106)(H,87,100)(H,88,108)(H,89,109)(H,90,104)(H,91,110)(H,92,107)/t50-,59-,63-,64-,65-,66-,67+,68+,69-,70-,71-,72-,81+/m1/s1. The highest BCUT2D eigenvalue weighted by Crippen LogP contribution is 2.50. The molecule has 1 fully saturated rings. The van der Waals surface area contributed by atoms with E-state index in [9.17, 15) is 60.3 Å². The number of phenols is 5. The Morgan fingerprint density at radius 2 is 1.22 bits per heavy atom. The van der Waals surface area contributed by atoms with Crippen molar-refractivity contribution in [3.8, 4) is 80.1 Å². The molecule has 115 heavy (non-hydrogen) atoms. The second-order valence-corrected chi connectivity index (χ2v) is 29.8. The van der Waals surface area contributed by atoms with E-state index in [0.29, 0.717) is 31.4 Å². The van der Waals surface area contributed by atoms with Crippen LogP contribution < -0.4 is 66.8 Å². The summed E-state index contributed by atoms with van der Waals surface area (Å²) in [6.07, 6.45) is -2.28. The lowest BCUT2D eigenvalue weighted by atomic mass is 9.89. The maximum atomic E-state index is 16.5. The lowest BCUT2D eigenvalue weighted by Gasteiger charge is -2.42. The summed E-state index contributed by atoms with van der Waals surface area (Å²) in [6, 6.07) is 7.82. The third-order valence-electron chi connectivity index (χ3n) is 20.5. The second kappa shape index (κ2) is 36.5. The van der Waals surface area contributed by atoms with Crippen LogP contribution in [0.1, 0.15) is 146 Å². The van der Waals surface area contributed by atoms with E-state index < -0.39 is 195 Å². The fraction of sp³-hybridized carbons (Fsp3) is 0.383. The summed E-state index contributed by atoms with van der Waals surface area (Å²) in [5.74, 6) is -14.5. The van der Waals surface area contributed by atoms with Crippen molar-refractivity contribution in [2.24, 2.45) is 0 Å². The van der Waals surface area contributed by atoms with Gasteiger partial charge in [-0.2, -0.15) is 0 Å². The number of carbonyl (C=O) groups is 8. The predicted octanol–water partition coefficient (Wildman–Crippen LogP) is 6.36. The molecule has 17 bridgehead atoms. The minimum Gasteiger partial charge on any atom is -0.508 e. The first kappa shape index (κ1) is 83.2. The summed E-state index contributed by atoms with van der Waals surface area (Å²) in [6.45, 7) is 1.71. The van der Waals surface area contributed by atoms with Gasteiger partial charge in [-0.25, -0.2) is 0 Å².